The van der Waals surface area contributed by atoms with Crippen molar-refractivity contribution in [3.63, 3.8) is 0 Å². The molecule has 4 nitrogen and oxygen atoms in total. The van der Waals surface area contributed by atoms with Crippen LogP contribution < -0.4 is 0 Å². The third kappa shape index (κ3) is 3.34. The zero-order valence-corrected chi connectivity index (χ0v) is 11.9. The SMILES string of the molecule is C=C(C)CN(CC)C(=O)[C@H]1CC(=O)N(C(C)C)C1. The lowest BCUT2D eigenvalue weighted by Crippen LogP contribution is -2.39. The summed E-state index contributed by atoms with van der Waals surface area (Å²) < 4.78 is 0. The maximum absolute atomic E-state index is 12.3. The zero-order valence-electron chi connectivity index (χ0n) is 11.9. The first kappa shape index (κ1) is 14.7. The van der Waals surface area contributed by atoms with Gasteiger partial charge < -0.3 is 9.80 Å². The lowest BCUT2D eigenvalue weighted by Gasteiger charge is -2.25. The number of carbonyl (C=O) groups is 2. The molecule has 0 bridgehead atoms. The van der Waals surface area contributed by atoms with Crippen molar-refractivity contribution in [3.05, 3.63) is 12.2 Å². The number of hydrogen-bond acceptors (Lipinski definition) is 2. The molecule has 0 aromatic carbocycles. The lowest BCUT2D eigenvalue weighted by atomic mass is 10.1. The highest BCUT2D eigenvalue weighted by atomic mass is 16.2. The summed E-state index contributed by atoms with van der Waals surface area (Å²) in [5, 5.41) is 0. The molecule has 2 amide bonds. The fourth-order valence-corrected chi connectivity index (χ4v) is 2.33. The Balaban J connectivity index is 2.68. The van der Waals surface area contributed by atoms with Crippen LogP contribution in [0.2, 0.25) is 0 Å². The molecule has 1 heterocycles. The molecule has 0 aliphatic carbocycles. The summed E-state index contributed by atoms with van der Waals surface area (Å²) in [6, 6.07) is 0.173. The number of likely N-dealkylation sites (tertiary alicyclic amines) is 1. The van der Waals surface area contributed by atoms with Gasteiger partial charge in [0.1, 0.15) is 0 Å². The van der Waals surface area contributed by atoms with Crippen LogP contribution in [0.5, 0.6) is 0 Å². The number of likely N-dealkylation sites (N-methyl/N-ethyl adjacent to an activating group) is 1. The third-order valence-electron chi connectivity index (χ3n) is 3.29. The minimum Gasteiger partial charge on any atom is -0.339 e. The maximum Gasteiger partial charge on any atom is 0.228 e. The summed E-state index contributed by atoms with van der Waals surface area (Å²) in [4.78, 5) is 27.7. The standard InChI is InChI=1S/C14H24N2O2/c1-6-15(8-10(2)3)14(18)12-7-13(17)16(9-12)11(4)5/h11-12H,2,6-9H2,1,3-5H3/t12-/m0/s1. The first-order chi connectivity index (χ1) is 8.36. The minimum absolute atomic E-state index is 0.0806. The van der Waals surface area contributed by atoms with E-state index in [4.69, 9.17) is 0 Å². The van der Waals surface area contributed by atoms with Gasteiger partial charge in [-0.3, -0.25) is 9.59 Å². The molecule has 1 aliphatic heterocycles. The van der Waals surface area contributed by atoms with Gasteiger partial charge >= 0.3 is 0 Å². The van der Waals surface area contributed by atoms with E-state index in [1.807, 2.05) is 27.7 Å². The minimum atomic E-state index is -0.181. The number of rotatable bonds is 5. The summed E-state index contributed by atoms with van der Waals surface area (Å²) in [5.41, 5.74) is 0.968. The predicted molar refractivity (Wildman–Crippen MR) is 72.0 cm³/mol. The second kappa shape index (κ2) is 6.03. The van der Waals surface area contributed by atoms with E-state index in [0.29, 0.717) is 26.1 Å². The van der Waals surface area contributed by atoms with Crippen LogP contribution in [0.4, 0.5) is 0 Å². The highest BCUT2D eigenvalue weighted by Gasteiger charge is 2.37. The molecule has 0 spiro atoms. The molecule has 1 rings (SSSR count). The molecular formula is C14H24N2O2. The summed E-state index contributed by atoms with van der Waals surface area (Å²) in [6.07, 6.45) is 0.351. The molecule has 0 aromatic heterocycles. The Bertz CT molecular complexity index is 350. The number of hydrogen-bond donors (Lipinski definition) is 0. The number of nitrogens with zero attached hydrogens (tertiary/aromatic N) is 2. The zero-order chi connectivity index (χ0) is 13.9. The van der Waals surface area contributed by atoms with Crippen molar-refractivity contribution in [3.8, 4) is 0 Å². The largest absolute Gasteiger partial charge is 0.339 e. The maximum atomic E-state index is 12.3. The lowest BCUT2D eigenvalue weighted by molar-refractivity contribution is -0.135. The highest BCUT2D eigenvalue weighted by molar-refractivity contribution is 5.89. The van der Waals surface area contributed by atoms with Crippen LogP contribution in [0.1, 0.15) is 34.1 Å². The molecule has 0 N–H and O–H groups in total. The highest BCUT2D eigenvalue weighted by Crippen LogP contribution is 2.22. The van der Waals surface area contributed by atoms with Crippen LogP contribution in [0.25, 0.3) is 0 Å². The van der Waals surface area contributed by atoms with Gasteiger partial charge in [-0.25, -0.2) is 0 Å². The van der Waals surface area contributed by atoms with Gasteiger partial charge in [-0.2, -0.15) is 0 Å². The first-order valence-corrected chi connectivity index (χ1v) is 6.59. The average molecular weight is 252 g/mol. The molecule has 0 radical (unpaired) electrons. The van der Waals surface area contributed by atoms with Gasteiger partial charge in [-0.15, -0.1) is 0 Å². The Hall–Kier alpha value is -1.32. The molecule has 1 aliphatic rings. The van der Waals surface area contributed by atoms with E-state index in [1.54, 1.807) is 9.80 Å². The summed E-state index contributed by atoms with van der Waals surface area (Å²) >= 11 is 0. The fourth-order valence-electron chi connectivity index (χ4n) is 2.33. The van der Waals surface area contributed by atoms with Crippen molar-refractivity contribution in [2.24, 2.45) is 5.92 Å². The molecule has 18 heavy (non-hydrogen) atoms. The third-order valence-corrected chi connectivity index (χ3v) is 3.29. The van der Waals surface area contributed by atoms with Crippen LogP contribution in [-0.4, -0.2) is 47.3 Å². The summed E-state index contributed by atoms with van der Waals surface area (Å²) in [6.45, 7) is 13.5. The molecule has 4 heteroatoms. The van der Waals surface area contributed by atoms with Gasteiger partial charge in [0.15, 0.2) is 0 Å². The van der Waals surface area contributed by atoms with Gasteiger partial charge in [-0.1, -0.05) is 12.2 Å². The van der Waals surface area contributed by atoms with Crippen molar-refractivity contribution in [1.82, 2.24) is 9.80 Å². The average Bonchev–Trinajstić information content (AvgIpc) is 2.67. The van der Waals surface area contributed by atoms with Crippen molar-refractivity contribution in [1.29, 1.82) is 0 Å². The number of carbonyl (C=O) groups excluding carboxylic acids is 2. The van der Waals surface area contributed by atoms with E-state index >= 15 is 0 Å². The van der Waals surface area contributed by atoms with Crippen LogP contribution in [-0.2, 0) is 9.59 Å². The Labute approximate surface area is 110 Å². The van der Waals surface area contributed by atoms with Crippen LogP contribution >= 0.6 is 0 Å². The van der Waals surface area contributed by atoms with E-state index in [1.165, 1.54) is 0 Å². The van der Waals surface area contributed by atoms with Gasteiger partial charge in [-0.05, 0) is 27.7 Å². The molecule has 1 fully saturated rings. The van der Waals surface area contributed by atoms with Crippen LogP contribution in [0.3, 0.4) is 0 Å². The smallest absolute Gasteiger partial charge is 0.228 e. The molecule has 1 saturated heterocycles. The molecule has 0 unspecified atom stereocenters. The van der Waals surface area contributed by atoms with Gasteiger partial charge in [0.25, 0.3) is 0 Å². The number of amides is 2. The van der Waals surface area contributed by atoms with E-state index < -0.39 is 0 Å². The predicted octanol–water partition coefficient (Wildman–Crippen LogP) is 1.67. The van der Waals surface area contributed by atoms with Crippen LogP contribution in [0, 0.1) is 5.92 Å². The van der Waals surface area contributed by atoms with Crippen molar-refractivity contribution >= 4 is 11.8 Å². The van der Waals surface area contributed by atoms with Crippen molar-refractivity contribution in [2.75, 3.05) is 19.6 Å². The van der Waals surface area contributed by atoms with E-state index in [-0.39, 0.29) is 23.8 Å². The Kier molecular flexibility index (Phi) is 4.93. The van der Waals surface area contributed by atoms with Gasteiger partial charge in [0.2, 0.25) is 11.8 Å². The first-order valence-electron chi connectivity index (χ1n) is 6.59. The topological polar surface area (TPSA) is 40.6 Å². The fraction of sp³-hybridized carbons (Fsp3) is 0.714. The second-order valence-electron chi connectivity index (χ2n) is 5.35. The molecule has 0 aromatic rings. The molecule has 102 valence electrons. The van der Waals surface area contributed by atoms with E-state index in [2.05, 4.69) is 6.58 Å². The Morgan fingerprint density at radius 3 is 2.56 bits per heavy atom. The van der Waals surface area contributed by atoms with E-state index in [0.717, 1.165) is 5.57 Å². The summed E-state index contributed by atoms with van der Waals surface area (Å²) in [5.74, 6) is -0.00840. The monoisotopic (exact) mass is 252 g/mol. The Morgan fingerprint density at radius 1 is 1.56 bits per heavy atom. The van der Waals surface area contributed by atoms with Crippen molar-refractivity contribution in [2.45, 2.75) is 40.2 Å². The van der Waals surface area contributed by atoms with Crippen LogP contribution in [0.15, 0.2) is 12.2 Å². The van der Waals surface area contributed by atoms with E-state index in [9.17, 15) is 9.59 Å². The molecule has 0 saturated carbocycles. The van der Waals surface area contributed by atoms with Gasteiger partial charge in [0.05, 0.1) is 5.92 Å². The van der Waals surface area contributed by atoms with Crippen molar-refractivity contribution < 1.29 is 9.59 Å². The second-order valence-corrected chi connectivity index (χ2v) is 5.35. The summed E-state index contributed by atoms with van der Waals surface area (Å²) in [7, 11) is 0. The quantitative estimate of drug-likeness (QED) is 0.698. The normalized spacial score (nSPS) is 19.5. The molecule has 1 atom stereocenters. The Morgan fingerprint density at radius 2 is 2.17 bits per heavy atom. The molecular weight excluding hydrogens is 228 g/mol. The van der Waals surface area contributed by atoms with Gasteiger partial charge in [0, 0.05) is 32.1 Å².